The van der Waals surface area contributed by atoms with Crippen molar-refractivity contribution in [1.29, 1.82) is 0 Å². The lowest BCUT2D eigenvalue weighted by molar-refractivity contribution is -0.114. The summed E-state index contributed by atoms with van der Waals surface area (Å²) in [5.41, 5.74) is 7.28. The molecule has 184 valence electrons. The molecule has 2 amide bonds. The Hall–Kier alpha value is -3.64. The van der Waals surface area contributed by atoms with Gasteiger partial charge in [-0.25, -0.2) is 4.99 Å². The second-order valence-electron chi connectivity index (χ2n) is 9.43. The predicted molar refractivity (Wildman–Crippen MR) is 152 cm³/mol. The van der Waals surface area contributed by atoms with Gasteiger partial charge in [0.2, 0.25) is 5.91 Å². The number of aliphatic imine (C=N–C) groups is 1. The van der Waals surface area contributed by atoms with Crippen LogP contribution in [0.2, 0.25) is 0 Å². The maximum atomic E-state index is 13.4. The van der Waals surface area contributed by atoms with Gasteiger partial charge in [-0.3, -0.25) is 14.5 Å². The van der Waals surface area contributed by atoms with Gasteiger partial charge >= 0.3 is 0 Å². The molecule has 0 spiro atoms. The molecule has 3 aromatic carbocycles. The quantitative estimate of drug-likeness (QED) is 0.379. The highest BCUT2D eigenvalue weighted by molar-refractivity contribution is 8.14. The fourth-order valence-corrected chi connectivity index (χ4v) is 4.84. The lowest BCUT2D eigenvalue weighted by Gasteiger charge is -2.18. The molecule has 5 nitrogen and oxygen atoms in total. The number of nitrogens with zero attached hydrogens (tertiary/aromatic N) is 2. The first-order chi connectivity index (χ1) is 17.2. The Kier molecular flexibility index (Phi) is 7.75. The van der Waals surface area contributed by atoms with Crippen molar-refractivity contribution in [2.75, 3.05) is 16.0 Å². The minimum Gasteiger partial charge on any atom is -0.325 e. The SMILES string of the molecule is Cc1ccc(N2C(=O)C(=Cc3ccc(C(C)C)cc3)N=C2SCC(=O)Nc2cc(C)cc(C)c2)cc1. The van der Waals surface area contributed by atoms with E-state index in [2.05, 4.69) is 42.4 Å². The van der Waals surface area contributed by atoms with Crippen molar-refractivity contribution >= 4 is 46.2 Å². The van der Waals surface area contributed by atoms with Gasteiger partial charge in [0.05, 0.1) is 11.4 Å². The summed E-state index contributed by atoms with van der Waals surface area (Å²) in [5, 5.41) is 3.44. The van der Waals surface area contributed by atoms with Crippen LogP contribution in [-0.4, -0.2) is 22.7 Å². The van der Waals surface area contributed by atoms with Gasteiger partial charge in [-0.2, -0.15) is 0 Å². The van der Waals surface area contributed by atoms with Crippen LogP contribution in [0.15, 0.2) is 77.4 Å². The summed E-state index contributed by atoms with van der Waals surface area (Å²) >= 11 is 1.25. The summed E-state index contributed by atoms with van der Waals surface area (Å²) in [6, 6.07) is 21.8. The first-order valence-electron chi connectivity index (χ1n) is 12.0. The number of hydrogen-bond donors (Lipinski definition) is 1. The van der Waals surface area contributed by atoms with Gasteiger partial charge in [-0.05, 0) is 79.3 Å². The zero-order chi connectivity index (χ0) is 25.8. The molecule has 1 aliphatic rings. The number of thioether (sulfide) groups is 1. The summed E-state index contributed by atoms with van der Waals surface area (Å²) in [6.45, 7) is 10.3. The fourth-order valence-electron chi connectivity index (χ4n) is 4.02. The van der Waals surface area contributed by atoms with Crippen molar-refractivity contribution in [2.45, 2.75) is 40.5 Å². The molecule has 36 heavy (non-hydrogen) atoms. The zero-order valence-corrected chi connectivity index (χ0v) is 22.1. The van der Waals surface area contributed by atoms with Gasteiger partial charge in [-0.15, -0.1) is 0 Å². The van der Waals surface area contributed by atoms with Crippen LogP contribution in [0.4, 0.5) is 11.4 Å². The van der Waals surface area contributed by atoms with Crippen LogP contribution in [0.1, 0.15) is 47.6 Å². The Labute approximate surface area is 217 Å². The van der Waals surface area contributed by atoms with Gasteiger partial charge < -0.3 is 5.32 Å². The molecule has 0 fully saturated rings. The number of amidine groups is 1. The van der Waals surface area contributed by atoms with Gasteiger partial charge in [0, 0.05) is 5.69 Å². The molecule has 0 saturated heterocycles. The summed E-state index contributed by atoms with van der Waals surface area (Å²) in [7, 11) is 0. The van der Waals surface area contributed by atoms with Crippen molar-refractivity contribution in [1.82, 2.24) is 0 Å². The van der Waals surface area contributed by atoms with Crippen molar-refractivity contribution < 1.29 is 9.59 Å². The number of carbonyl (C=O) groups is 2. The molecule has 6 heteroatoms. The number of hydrogen-bond acceptors (Lipinski definition) is 4. The van der Waals surface area contributed by atoms with E-state index in [9.17, 15) is 9.59 Å². The van der Waals surface area contributed by atoms with Gasteiger partial charge in [-0.1, -0.05) is 73.6 Å². The van der Waals surface area contributed by atoms with Gasteiger partial charge in [0.25, 0.3) is 5.91 Å². The van der Waals surface area contributed by atoms with Crippen LogP contribution in [0.5, 0.6) is 0 Å². The Bertz CT molecular complexity index is 1320. The summed E-state index contributed by atoms with van der Waals surface area (Å²) in [5.74, 6) is 0.222. The molecule has 1 aliphatic heterocycles. The van der Waals surface area contributed by atoms with Crippen LogP contribution in [0.3, 0.4) is 0 Å². The second kappa shape index (κ2) is 11.0. The molecule has 0 bridgehead atoms. The predicted octanol–water partition coefficient (Wildman–Crippen LogP) is 6.85. The molecule has 4 rings (SSSR count). The maximum Gasteiger partial charge on any atom is 0.283 e. The van der Waals surface area contributed by atoms with E-state index in [1.165, 1.54) is 17.3 Å². The second-order valence-corrected chi connectivity index (χ2v) is 10.4. The standard InChI is InChI=1S/C30H31N3O2S/c1-19(2)24-10-8-23(9-11-24)17-27-29(35)33(26-12-6-20(3)7-13-26)30(32-27)36-18-28(34)31-25-15-21(4)14-22(5)16-25/h6-17,19H,18H2,1-5H3,(H,31,34). The number of aryl methyl sites for hydroxylation is 3. The van der Waals surface area contributed by atoms with E-state index in [4.69, 9.17) is 0 Å². The molecule has 1 N–H and O–H groups in total. The zero-order valence-electron chi connectivity index (χ0n) is 21.3. The average molecular weight is 498 g/mol. The van der Waals surface area contributed by atoms with Crippen LogP contribution in [-0.2, 0) is 9.59 Å². The number of amides is 2. The van der Waals surface area contributed by atoms with Crippen LogP contribution in [0.25, 0.3) is 6.08 Å². The average Bonchev–Trinajstić information content (AvgIpc) is 3.13. The molecule has 0 unspecified atom stereocenters. The van der Waals surface area contributed by atoms with Crippen LogP contribution < -0.4 is 10.2 Å². The summed E-state index contributed by atoms with van der Waals surface area (Å²) in [6.07, 6.45) is 1.80. The normalized spacial score (nSPS) is 14.5. The highest BCUT2D eigenvalue weighted by atomic mass is 32.2. The van der Waals surface area contributed by atoms with Crippen molar-refractivity contribution in [3.05, 3.63) is 100 Å². The van der Waals surface area contributed by atoms with Gasteiger partial charge in [0.15, 0.2) is 5.17 Å². The van der Waals surface area contributed by atoms with Gasteiger partial charge in [0.1, 0.15) is 5.70 Å². The van der Waals surface area contributed by atoms with Crippen LogP contribution in [0, 0.1) is 20.8 Å². The van der Waals surface area contributed by atoms with Crippen molar-refractivity contribution in [3.8, 4) is 0 Å². The molecule has 0 saturated carbocycles. The molecular weight excluding hydrogens is 466 g/mol. The van der Waals surface area contributed by atoms with E-state index < -0.39 is 0 Å². The third-order valence-electron chi connectivity index (χ3n) is 5.87. The first-order valence-corrected chi connectivity index (χ1v) is 13.0. The van der Waals surface area contributed by atoms with Crippen LogP contribution >= 0.6 is 11.8 Å². The Balaban J connectivity index is 1.56. The number of nitrogens with one attached hydrogen (secondary N) is 1. The first kappa shape index (κ1) is 25.5. The monoisotopic (exact) mass is 497 g/mol. The van der Waals surface area contributed by atoms with E-state index >= 15 is 0 Å². The molecule has 0 atom stereocenters. The minimum atomic E-state index is -0.205. The molecular formula is C30H31N3O2S. The third kappa shape index (κ3) is 6.13. The Morgan fingerprint density at radius 2 is 1.58 bits per heavy atom. The fraction of sp³-hybridized carbons (Fsp3) is 0.233. The minimum absolute atomic E-state index is 0.137. The summed E-state index contributed by atoms with van der Waals surface area (Å²) in [4.78, 5) is 32.4. The number of anilines is 2. The largest absolute Gasteiger partial charge is 0.325 e. The Morgan fingerprint density at radius 1 is 0.944 bits per heavy atom. The number of carbonyl (C=O) groups excluding carboxylic acids is 2. The highest BCUT2D eigenvalue weighted by Crippen LogP contribution is 2.30. The molecule has 0 aromatic heterocycles. The Morgan fingerprint density at radius 3 is 2.19 bits per heavy atom. The lowest BCUT2D eigenvalue weighted by atomic mass is 10.0. The van der Waals surface area contributed by atoms with E-state index in [0.717, 1.165) is 33.6 Å². The molecule has 0 radical (unpaired) electrons. The summed E-state index contributed by atoms with van der Waals surface area (Å²) < 4.78 is 0. The lowest BCUT2D eigenvalue weighted by Crippen LogP contribution is -2.31. The molecule has 1 heterocycles. The van der Waals surface area contributed by atoms with E-state index in [0.29, 0.717) is 16.8 Å². The molecule has 0 aliphatic carbocycles. The maximum absolute atomic E-state index is 13.4. The van der Waals surface area contributed by atoms with E-state index in [1.807, 2.05) is 69.3 Å². The van der Waals surface area contributed by atoms with E-state index in [1.54, 1.807) is 11.0 Å². The number of rotatable bonds is 6. The smallest absolute Gasteiger partial charge is 0.283 e. The topological polar surface area (TPSA) is 61.8 Å². The molecule has 3 aromatic rings. The van der Waals surface area contributed by atoms with Crippen molar-refractivity contribution in [3.63, 3.8) is 0 Å². The highest BCUT2D eigenvalue weighted by Gasteiger charge is 2.32. The van der Waals surface area contributed by atoms with E-state index in [-0.39, 0.29) is 17.6 Å². The third-order valence-corrected chi connectivity index (χ3v) is 6.80. The van der Waals surface area contributed by atoms with Crippen molar-refractivity contribution in [2.24, 2.45) is 4.99 Å². The number of benzene rings is 3.